The first-order chi connectivity index (χ1) is 6.24. The summed E-state index contributed by atoms with van der Waals surface area (Å²) in [7, 11) is 1.38. The number of nitrogens with one attached hydrogen (secondary N) is 1. The molecule has 0 saturated heterocycles. The van der Waals surface area contributed by atoms with Crippen LogP contribution in [-0.2, 0) is 9.53 Å². The highest BCUT2D eigenvalue weighted by Crippen LogP contribution is 2.07. The number of hydrogen-bond donors (Lipinski definition) is 1. The van der Waals surface area contributed by atoms with Gasteiger partial charge in [-0.3, -0.25) is 0 Å². The molecule has 1 atom stereocenters. The van der Waals surface area contributed by atoms with Crippen LogP contribution < -0.4 is 5.32 Å². The molecule has 0 bridgehead atoms. The lowest BCUT2D eigenvalue weighted by Gasteiger charge is -2.12. The number of anilines is 1. The molecule has 0 heterocycles. The first-order valence-corrected chi connectivity index (χ1v) is 4.13. The zero-order valence-electron chi connectivity index (χ0n) is 8.19. The Morgan fingerprint density at radius 1 is 1.36 bits per heavy atom. The maximum Gasteiger partial charge on any atom is 0.327 e. The van der Waals surface area contributed by atoms with Crippen LogP contribution in [0.5, 0.6) is 0 Å². The molecule has 78 valence electrons. The lowest BCUT2D eigenvalue weighted by Crippen LogP contribution is -2.26. The minimum atomic E-state index is -0.313. The highest BCUT2D eigenvalue weighted by molar-refractivity contribution is 5.85. The van der Waals surface area contributed by atoms with Crippen LogP contribution in [0.1, 0.15) is 6.92 Å². The summed E-state index contributed by atoms with van der Waals surface area (Å²) in [5, 5.41) is 3.02. The van der Waals surface area contributed by atoms with E-state index in [1.807, 2.05) is 30.3 Å². The Hall–Kier alpha value is -1.22. The molecule has 3 nitrogen and oxygen atoms in total. The van der Waals surface area contributed by atoms with Crippen molar-refractivity contribution in [2.24, 2.45) is 0 Å². The van der Waals surface area contributed by atoms with Gasteiger partial charge in [-0.1, -0.05) is 18.2 Å². The van der Waals surface area contributed by atoms with Gasteiger partial charge in [0.05, 0.1) is 7.11 Å². The second kappa shape index (κ2) is 6.27. The quantitative estimate of drug-likeness (QED) is 0.785. The van der Waals surface area contributed by atoms with Gasteiger partial charge >= 0.3 is 5.97 Å². The zero-order valence-corrected chi connectivity index (χ0v) is 9.01. The van der Waals surface area contributed by atoms with Gasteiger partial charge in [0.1, 0.15) is 6.04 Å². The van der Waals surface area contributed by atoms with E-state index < -0.39 is 0 Å². The van der Waals surface area contributed by atoms with E-state index >= 15 is 0 Å². The largest absolute Gasteiger partial charge is 0.467 e. The van der Waals surface area contributed by atoms with Crippen LogP contribution >= 0.6 is 12.4 Å². The molecule has 0 unspecified atom stereocenters. The molecule has 1 N–H and O–H groups in total. The van der Waals surface area contributed by atoms with Crippen molar-refractivity contribution in [1.29, 1.82) is 0 Å². The number of rotatable bonds is 3. The van der Waals surface area contributed by atoms with E-state index in [9.17, 15) is 4.79 Å². The third kappa shape index (κ3) is 3.66. The first kappa shape index (κ1) is 12.8. The van der Waals surface area contributed by atoms with Gasteiger partial charge in [-0.15, -0.1) is 12.4 Å². The number of esters is 1. The Labute approximate surface area is 89.9 Å². The number of halogens is 1. The topological polar surface area (TPSA) is 38.3 Å². The Morgan fingerprint density at radius 2 is 1.93 bits per heavy atom. The van der Waals surface area contributed by atoms with Crippen molar-refractivity contribution in [2.75, 3.05) is 12.4 Å². The zero-order chi connectivity index (χ0) is 9.68. The number of ether oxygens (including phenoxy) is 1. The normalized spacial score (nSPS) is 11.0. The Balaban J connectivity index is 0.00000169. The predicted octanol–water partition coefficient (Wildman–Crippen LogP) is 2.08. The Bertz CT molecular complexity index is 277. The maximum absolute atomic E-state index is 11.0. The SMILES string of the molecule is COC(=O)[C@@H](C)Nc1ccccc1.Cl. The summed E-state index contributed by atoms with van der Waals surface area (Å²) in [5.41, 5.74) is 0.917. The summed E-state index contributed by atoms with van der Waals surface area (Å²) in [6.45, 7) is 1.76. The van der Waals surface area contributed by atoms with Crippen LogP contribution in [0.2, 0.25) is 0 Å². The molecule has 0 aromatic heterocycles. The van der Waals surface area contributed by atoms with Crippen molar-refractivity contribution in [3.8, 4) is 0 Å². The molecule has 0 aliphatic heterocycles. The standard InChI is InChI=1S/C10H13NO2.ClH/c1-8(10(12)13-2)11-9-6-4-3-5-7-9;/h3-8,11H,1-2H3;1H/t8-;/m1./s1. The third-order valence-electron chi connectivity index (χ3n) is 1.71. The van der Waals surface area contributed by atoms with Crippen molar-refractivity contribution in [2.45, 2.75) is 13.0 Å². The van der Waals surface area contributed by atoms with Crippen molar-refractivity contribution in [3.63, 3.8) is 0 Å². The molecule has 4 heteroatoms. The molecular formula is C10H14ClNO2. The van der Waals surface area contributed by atoms with Crippen LogP contribution in [-0.4, -0.2) is 19.1 Å². The Morgan fingerprint density at radius 3 is 2.43 bits per heavy atom. The van der Waals surface area contributed by atoms with E-state index in [0.717, 1.165) is 5.69 Å². The number of methoxy groups -OCH3 is 1. The molecule has 0 aliphatic rings. The van der Waals surface area contributed by atoms with Gasteiger partial charge in [0, 0.05) is 5.69 Å². The molecule has 0 aliphatic carbocycles. The summed E-state index contributed by atoms with van der Waals surface area (Å²) >= 11 is 0. The highest BCUT2D eigenvalue weighted by atomic mass is 35.5. The highest BCUT2D eigenvalue weighted by Gasteiger charge is 2.11. The lowest BCUT2D eigenvalue weighted by molar-refractivity contribution is -0.141. The van der Waals surface area contributed by atoms with Gasteiger partial charge < -0.3 is 10.1 Å². The van der Waals surface area contributed by atoms with E-state index in [2.05, 4.69) is 10.1 Å². The van der Waals surface area contributed by atoms with Crippen molar-refractivity contribution in [1.82, 2.24) is 0 Å². The average molecular weight is 216 g/mol. The molecule has 1 aromatic carbocycles. The summed E-state index contributed by atoms with van der Waals surface area (Å²) in [5.74, 6) is -0.260. The van der Waals surface area contributed by atoms with Crippen LogP contribution in [0, 0.1) is 0 Å². The van der Waals surface area contributed by atoms with Gasteiger partial charge in [-0.25, -0.2) is 4.79 Å². The summed E-state index contributed by atoms with van der Waals surface area (Å²) in [4.78, 5) is 11.0. The Kier molecular flexibility index (Phi) is 5.72. The molecular weight excluding hydrogens is 202 g/mol. The van der Waals surface area contributed by atoms with Gasteiger partial charge in [-0.2, -0.15) is 0 Å². The third-order valence-corrected chi connectivity index (χ3v) is 1.71. The van der Waals surface area contributed by atoms with Crippen LogP contribution in [0.15, 0.2) is 30.3 Å². The van der Waals surface area contributed by atoms with E-state index in [0.29, 0.717) is 0 Å². The van der Waals surface area contributed by atoms with Gasteiger partial charge in [0.25, 0.3) is 0 Å². The summed E-state index contributed by atoms with van der Waals surface area (Å²) in [6, 6.07) is 9.23. The van der Waals surface area contributed by atoms with E-state index in [1.165, 1.54) is 7.11 Å². The van der Waals surface area contributed by atoms with Gasteiger partial charge in [-0.05, 0) is 19.1 Å². The second-order valence-corrected chi connectivity index (χ2v) is 2.76. The van der Waals surface area contributed by atoms with Crippen LogP contribution in [0.3, 0.4) is 0 Å². The van der Waals surface area contributed by atoms with E-state index in [-0.39, 0.29) is 24.4 Å². The van der Waals surface area contributed by atoms with Gasteiger partial charge in [0.15, 0.2) is 0 Å². The molecule has 0 saturated carbocycles. The number of benzene rings is 1. The second-order valence-electron chi connectivity index (χ2n) is 2.76. The fourth-order valence-corrected chi connectivity index (χ4v) is 1.02. The van der Waals surface area contributed by atoms with Crippen molar-refractivity contribution >= 4 is 24.1 Å². The molecule has 0 amide bonds. The maximum atomic E-state index is 11.0. The fraction of sp³-hybridized carbons (Fsp3) is 0.300. The number of hydrogen-bond acceptors (Lipinski definition) is 3. The van der Waals surface area contributed by atoms with Crippen LogP contribution in [0.4, 0.5) is 5.69 Å². The van der Waals surface area contributed by atoms with Crippen LogP contribution in [0.25, 0.3) is 0 Å². The number of carbonyl (C=O) groups excluding carboxylic acids is 1. The van der Waals surface area contributed by atoms with Crippen molar-refractivity contribution < 1.29 is 9.53 Å². The monoisotopic (exact) mass is 215 g/mol. The minimum absolute atomic E-state index is 0. The van der Waals surface area contributed by atoms with Crippen molar-refractivity contribution in [3.05, 3.63) is 30.3 Å². The number of para-hydroxylation sites is 1. The summed E-state index contributed by atoms with van der Waals surface area (Å²) in [6.07, 6.45) is 0. The minimum Gasteiger partial charge on any atom is -0.467 e. The predicted molar refractivity (Wildman–Crippen MR) is 58.8 cm³/mol. The summed E-state index contributed by atoms with van der Waals surface area (Å²) < 4.78 is 4.58. The lowest BCUT2D eigenvalue weighted by atomic mass is 10.3. The van der Waals surface area contributed by atoms with Gasteiger partial charge in [0.2, 0.25) is 0 Å². The molecule has 1 aromatic rings. The molecule has 0 radical (unpaired) electrons. The number of carbonyl (C=O) groups is 1. The van der Waals surface area contributed by atoms with E-state index in [1.54, 1.807) is 6.92 Å². The molecule has 0 spiro atoms. The fourth-order valence-electron chi connectivity index (χ4n) is 1.02. The first-order valence-electron chi connectivity index (χ1n) is 4.13. The average Bonchev–Trinajstić information content (AvgIpc) is 2.18. The smallest absolute Gasteiger partial charge is 0.327 e. The molecule has 1 rings (SSSR count). The molecule has 14 heavy (non-hydrogen) atoms. The molecule has 0 fully saturated rings. The van der Waals surface area contributed by atoms with E-state index in [4.69, 9.17) is 0 Å².